The molecule has 0 spiro atoms. The number of carboxylic acids is 1. The standard InChI is InChI=1S/C30H34FN3O6/c1-4-13-40-30(18-31,39-3)26(15-27(35)36)33-28(37)25(5-2)34-17-21-10-9-19(14-24(21)29(34)38)22-8-6-7-20-16-32-12-11-23(20)22/h6-12,14,16,25-26H,4-5,13,15,17-18H2,1-3H3,(H,33,37)(H,35,36). The number of rotatable bonds is 13. The molecule has 212 valence electrons. The monoisotopic (exact) mass is 551 g/mol. The summed E-state index contributed by atoms with van der Waals surface area (Å²) < 4.78 is 25.1. The van der Waals surface area contributed by atoms with E-state index in [0.717, 1.165) is 27.5 Å². The molecule has 0 saturated carbocycles. The van der Waals surface area contributed by atoms with Gasteiger partial charge in [-0.05, 0) is 47.1 Å². The molecule has 3 unspecified atom stereocenters. The number of ether oxygens (including phenoxy) is 2. The summed E-state index contributed by atoms with van der Waals surface area (Å²) in [5.41, 5.74) is 3.11. The van der Waals surface area contributed by atoms with Gasteiger partial charge in [0.2, 0.25) is 11.7 Å². The Hall–Kier alpha value is -3.89. The van der Waals surface area contributed by atoms with Gasteiger partial charge in [0.25, 0.3) is 5.91 Å². The number of benzene rings is 2. The average molecular weight is 552 g/mol. The van der Waals surface area contributed by atoms with Crippen LogP contribution in [0.3, 0.4) is 0 Å². The van der Waals surface area contributed by atoms with E-state index in [0.29, 0.717) is 12.0 Å². The summed E-state index contributed by atoms with van der Waals surface area (Å²) in [5, 5.41) is 14.1. The summed E-state index contributed by atoms with van der Waals surface area (Å²) in [4.78, 5) is 44.4. The first kappa shape index (κ1) is 29.1. The van der Waals surface area contributed by atoms with Crippen molar-refractivity contribution < 1.29 is 33.4 Å². The van der Waals surface area contributed by atoms with E-state index in [4.69, 9.17) is 9.47 Å². The topological polar surface area (TPSA) is 118 Å². The van der Waals surface area contributed by atoms with Crippen molar-refractivity contribution in [3.63, 3.8) is 0 Å². The number of halogens is 1. The SMILES string of the molecule is CCCOC(CF)(OC)C(CC(=O)O)NC(=O)C(CC)N1Cc2ccc(-c3cccc4cnccc34)cc2C1=O. The summed E-state index contributed by atoms with van der Waals surface area (Å²) in [7, 11) is 1.21. The van der Waals surface area contributed by atoms with Gasteiger partial charge in [0, 0.05) is 43.6 Å². The van der Waals surface area contributed by atoms with Crippen molar-refractivity contribution in [1.82, 2.24) is 15.2 Å². The van der Waals surface area contributed by atoms with Gasteiger partial charge in [-0.15, -0.1) is 0 Å². The van der Waals surface area contributed by atoms with Crippen LogP contribution in [0.1, 0.15) is 49.0 Å². The van der Waals surface area contributed by atoms with Crippen molar-refractivity contribution >= 4 is 28.6 Å². The average Bonchev–Trinajstić information content (AvgIpc) is 3.28. The second kappa shape index (κ2) is 12.5. The molecule has 2 N–H and O–H groups in total. The predicted molar refractivity (Wildman–Crippen MR) is 147 cm³/mol. The predicted octanol–water partition coefficient (Wildman–Crippen LogP) is 4.33. The molecule has 0 fully saturated rings. The number of hydrogen-bond donors (Lipinski definition) is 2. The summed E-state index contributed by atoms with van der Waals surface area (Å²) in [5.74, 6) is -4.13. The number of aliphatic carboxylic acids is 1. The number of fused-ring (bicyclic) bond motifs is 2. The Morgan fingerprint density at radius 2 is 2.00 bits per heavy atom. The quantitative estimate of drug-likeness (QED) is 0.304. The smallest absolute Gasteiger partial charge is 0.305 e. The first-order chi connectivity index (χ1) is 19.3. The maximum Gasteiger partial charge on any atom is 0.305 e. The molecular formula is C30H34FN3O6. The molecule has 9 nitrogen and oxygen atoms in total. The van der Waals surface area contributed by atoms with Gasteiger partial charge in [-0.1, -0.05) is 44.2 Å². The third-order valence-corrected chi connectivity index (χ3v) is 7.31. The van der Waals surface area contributed by atoms with Crippen LogP contribution in [-0.2, 0) is 25.6 Å². The molecule has 1 aromatic heterocycles. The van der Waals surface area contributed by atoms with Crippen LogP contribution in [0.15, 0.2) is 54.9 Å². The van der Waals surface area contributed by atoms with Crippen molar-refractivity contribution in [3.05, 3.63) is 66.0 Å². The first-order valence-electron chi connectivity index (χ1n) is 13.3. The molecule has 3 aromatic rings. The molecule has 40 heavy (non-hydrogen) atoms. The molecule has 1 aliphatic heterocycles. The number of carbonyl (C=O) groups excluding carboxylic acids is 2. The van der Waals surface area contributed by atoms with Crippen LogP contribution in [0, 0.1) is 0 Å². The maximum atomic E-state index is 14.2. The molecule has 0 radical (unpaired) electrons. The van der Waals surface area contributed by atoms with Crippen LogP contribution in [0.4, 0.5) is 4.39 Å². The number of nitrogens with zero attached hydrogens (tertiary/aromatic N) is 2. The number of carboxylic acid groups (broad SMARTS) is 1. The molecule has 2 amide bonds. The van der Waals surface area contributed by atoms with Gasteiger partial charge in [-0.25, -0.2) is 4.39 Å². The molecular weight excluding hydrogens is 517 g/mol. The number of pyridine rings is 1. The van der Waals surface area contributed by atoms with E-state index in [1.54, 1.807) is 19.3 Å². The van der Waals surface area contributed by atoms with Crippen LogP contribution < -0.4 is 5.32 Å². The van der Waals surface area contributed by atoms with Crippen molar-refractivity contribution in [1.29, 1.82) is 0 Å². The fourth-order valence-corrected chi connectivity index (χ4v) is 5.19. The first-order valence-corrected chi connectivity index (χ1v) is 13.3. The molecule has 10 heteroatoms. The number of alkyl halides is 1. The Morgan fingerprint density at radius 1 is 1.20 bits per heavy atom. The largest absolute Gasteiger partial charge is 0.481 e. The molecule has 4 rings (SSSR count). The number of aromatic nitrogens is 1. The van der Waals surface area contributed by atoms with E-state index in [1.807, 2.05) is 49.4 Å². The fraction of sp³-hybridized carbons (Fsp3) is 0.400. The Kier molecular flexibility index (Phi) is 9.11. The molecule has 2 heterocycles. The minimum Gasteiger partial charge on any atom is -0.481 e. The van der Waals surface area contributed by atoms with Crippen molar-refractivity contribution in [2.24, 2.45) is 0 Å². The minimum atomic E-state index is -1.97. The zero-order valence-electron chi connectivity index (χ0n) is 22.9. The van der Waals surface area contributed by atoms with Crippen molar-refractivity contribution in [3.8, 4) is 11.1 Å². The second-order valence-electron chi connectivity index (χ2n) is 9.79. The highest BCUT2D eigenvalue weighted by Crippen LogP contribution is 2.33. The van der Waals surface area contributed by atoms with Crippen molar-refractivity contribution in [2.45, 2.75) is 57.5 Å². The van der Waals surface area contributed by atoms with E-state index in [-0.39, 0.29) is 25.5 Å². The highest BCUT2D eigenvalue weighted by molar-refractivity contribution is 6.03. The summed E-state index contributed by atoms with van der Waals surface area (Å²) in [6.45, 7) is 2.73. The van der Waals surface area contributed by atoms with Gasteiger partial charge in [0.05, 0.1) is 12.5 Å². The van der Waals surface area contributed by atoms with E-state index < -0.39 is 42.8 Å². The molecule has 2 aromatic carbocycles. The lowest BCUT2D eigenvalue weighted by molar-refractivity contribution is -0.248. The summed E-state index contributed by atoms with van der Waals surface area (Å²) in [6.07, 6.45) is 3.69. The zero-order chi connectivity index (χ0) is 28.9. The highest BCUT2D eigenvalue weighted by atomic mass is 19.1. The van der Waals surface area contributed by atoms with Gasteiger partial charge in [-0.2, -0.15) is 0 Å². The summed E-state index contributed by atoms with van der Waals surface area (Å²) in [6, 6.07) is 11.3. The van der Waals surface area contributed by atoms with Gasteiger partial charge >= 0.3 is 5.97 Å². The molecule has 1 aliphatic rings. The van der Waals surface area contributed by atoms with E-state index in [1.165, 1.54) is 12.0 Å². The van der Waals surface area contributed by atoms with Gasteiger partial charge in [0.15, 0.2) is 0 Å². The van der Waals surface area contributed by atoms with Crippen molar-refractivity contribution in [2.75, 3.05) is 20.4 Å². The van der Waals surface area contributed by atoms with Gasteiger partial charge in [-0.3, -0.25) is 19.4 Å². The summed E-state index contributed by atoms with van der Waals surface area (Å²) >= 11 is 0. The van der Waals surface area contributed by atoms with Gasteiger partial charge in [0.1, 0.15) is 12.7 Å². The Bertz CT molecular complexity index is 1390. The van der Waals surface area contributed by atoms with Gasteiger partial charge < -0.3 is 24.8 Å². The Morgan fingerprint density at radius 3 is 2.67 bits per heavy atom. The normalized spacial score (nSPS) is 15.9. The van der Waals surface area contributed by atoms with E-state index >= 15 is 0 Å². The third-order valence-electron chi connectivity index (χ3n) is 7.31. The lowest BCUT2D eigenvalue weighted by Crippen LogP contribution is -2.60. The van der Waals surface area contributed by atoms with E-state index in [9.17, 15) is 23.9 Å². The van der Waals surface area contributed by atoms with Crippen LogP contribution >= 0.6 is 0 Å². The van der Waals surface area contributed by atoms with Crippen LogP contribution in [-0.4, -0.2) is 71.0 Å². The van der Waals surface area contributed by atoms with Crippen LogP contribution in [0.5, 0.6) is 0 Å². The highest BCUT2D eigenvalue weighted by Gasteiger charge is 2.45. The lowest BCUT2D eigenvalue weighted by atomic mass is 9.96. The molecule has 0 aliphatic carbocycles. The Balaban J connectivity index is 1.59. The number of methoxy groups -OCH3 is 1. The minimum absolute atomic E-state index is 0.108. The number of amides is 2. The molecule has 0 saturated heterocycles. The van der Waals surface area contributed by atoms with E-state index in [2.05, 4.69) is 10.3 Å². The number of carbonyl (C=O) groups is 3. The number of hydrogen-bond acceptors (Lipinski definition) is 6. The maximum absolute atomic E-state index is 14.2. The second-order valence-corrected chi connectivity index (χ2v) is 9.79. The number of nitrogens with one attached hydrogen (secondary N) is 1. The van der Waals surface area contributed by atoms with Crippen LogP contribution in [0.2, 0.25) is 0 Å². The zero-order valence-corrected chi connectivity index (χ0v) is 22.9. The Labute approximate surface area is 232 Å². The molecule has 3 atom stereocenters. The molecule has 0 bridgehead atoms. The third kappa shape index (κ3) is 5.68. The fourth-order valence-electron chi connectivity index (χ4n) is 5.19. The lowest BCUT2D eigenvalue weighted by Gasteiger charge is -2.38. The van der Waals surface area contributed by atoms with Crippen LogP contribution in [0.25, 0.3) is 21.9 Å².